The molecule has 1 aliphatic rings. The number of rotatable bonds is 3. The molecule has 0 atom stereocenters. The third-order valence-corrected chi connectivity index (χ3v) is 5.46. The lowest BCUT2D eigenvalue weighted by Gasteiger charge is -2.17. The monoisotopic (exact) mass is 318 g/mol. The number of thiophene rings is 1. The van der Waals surface area contributed by atoms with Gasteiger partial charge >= 0.3 is 0 Å². The Labute approximate surface area is 130 Å². The summed E-state index contributed by atoms with van der Waals surface area (Å²) >= 11 is 3.03. The van der Waals surface area contributed by atoms with Gasteiger partial charge in [0.1, 0.15) is 16.2 Å². The summed E-state index contributed by atoms with van der Waals surface area (Å²) in [5, 5.41) is 12.9. The highest BCUT2D eigenvalue weighted by molar-refractivity contribution is 7.99. The van der Waals surface area contributed by atoms with Crippen LogP contribution in [0.4, 0.5) is 0 Å². The molecule has 0 N–H and O–H groups in total. The predicted octanol–water partition coefficient (Wildman–Crippen LogP) is 4.27. The molecule has 1 fully saturated rings. The minimum Gasteiger partial charge on any atom is -0.415 e. The molecular formula is C14H14N4OS2. The Kier molecular flexibility index (Phi) is 3.60. The van der Waals surface area contributed by atoms with Crippen LogP contribution in [0.1, 0.15) is 43.9 Å². The molecule has 3 aromatic heterocycles. The van der Waals surface area contributed by atoms with E-state index in [-0.39, 0.29) is 0 Å². The smallest absolute Gasteiger partial charge is 0.282 e. The minimum atomic E-state index is 0.437. The van der Waals surface area contributed by atoms with Gasteiger partial charge in [-0.15, -0.1) is 21.5 Å². The summed E-state index contributed by atoms with van der Waals surface area (Å²) in [6.45, 7) is 0. The number of nitrogens with zero attached hydrogens (tertiary/aromatic N) is 4. The van der Waals surface area contributed by atoms with Crippen molar-refractivity contribution in [2.75, 3.05) is 0 Å². The number of hydrogen-bond acceptors (Lipinski definition) is 7. The molecule has 108 valence electrons. The van der Waals surface area contributed by atoms with Crippen LogP contribution in [0.2, 0.25) is 0 Å². The van der Waals surface area contributed by atoms with Gasteiger partial charge in [0.05, 0.1) is 0 Å². The van der Waals surface area contributed by atoms with Crippen molar-refractivity contribution in [3.8, 4) is 0 Å². The highest BCUT2D eigenvalue weighted by atomic mass is 32.2. The summed E-state index contributed by atoms with van der Waals surface area (Å²) in [6.07, 6.45) is 7.75. The molecule has 0 bridgehead atoms. The number of aromatic nitrogens is 4. The Morgan fingerprint density at radius 1 is 1.14 bits per heavy atom. The molecule has 0 aliphatic heterocycles. The van der Waals surface area contributed by atoms with Crippen LogP contribution in [0.25, 0.3) is 10.2 Å². The van der Waals surface area contributed by atoms with E-state index >= 15 is 0 Å². The van der Waals surface area contributed by atoms with Crippen molar-refractivity contribution in [2.45, 2.75) is 48.3 Å². The third-order valence-electron chi connectivity index (χ3n) is 3.79. The molecule has 1 saturated carbocycles. The zero-order valence-corrected chi connectivity index (χ0v) is 13.0. The van der Waals surface area contributed by atoms with Crippen molar-refractivity contribution in [3.63, 3.8) is 0 Å². The van der Waals surface area contributed by atoms with Crippen LogP contribution in [-0.2, 0) is 0 Å². The van der Waals surface area contributed by atoms with Crippen molar-refractivity contribution in [2.24, 2.45) is 0 Å². The first-order valence-corrected chi connectivity index (χ1v) is 8.79. The fourth-order valence-electron chi connectivity index (χ4n) is 2.71. The van der Waals surface area contributed by atoms with Crippen LogP contribution in [0, 0.1) is 0 Å². The largest absolute Gasteiger partial charge is 0.415 e. The summed E-state index contributed by atoms with van der Waals surface area (Å²) in [5.74, 6) is 1.22. The maximum absolute atomic E-state index is 5.84. The second-order valence-electron chi connectivity index (χ2n) is 5.16. The molecule has 0 radical (unpaired) electrons. The summed E-state index contributed by atoms with van der Waals surface area (Å²) in [6, 6.07) is 2.03. The van der Waals surface area contributed by atoms with E-state index in [0.29, 0.717) is 11.1 Å². The molecule has 0 unspecified atom stereocenters. The molecule has 4 rings (SSSR count). The molecular weight excluding hydrogens is 304 g/mol. The van der Waals surface area contributed by atoms with Crippen LogP contribution in [-0.4, -0.2) is 20.2 Å². The molecule has 3 aromatic rings. The van der Waals surface area contributed by atoms with E-state index < -0.39 is 0 Å². The highest BCUT2D eigenvalue weighted by Crippen LogP contribution is 2.36. The molecule has 1 aliphatic carbocycles. The molecule has 3 heterocycles. The Morgan fingerprint density at radius 3 is 2.95 bits per heavy atom. The topological polar surface area (TPSA) is 64.7 Å². The highest BCUT2D eigenvalue weighted by Gasteiger charge is 2.22. The fourth-order valence-corrected chi connectivity index (χ4v) is 4.25. The van der Waals surface area contributed by atoms with Crippen molar-refractivity contribution in [1.29, 1.82) is 0 Å². The zero-order chi connectivity index (χ0) is 14.1. The van der Waals surface area contributed by atoms with Gasteiger partial charge in [-0.2, -0.15) is 0 Å². The first-order chi connectivity index (χ1) is 10.4. The van der Waals surface area contributed by atoms with E-state index in [2.05, 4.69) is 20.2 Å². The van der Waals surface area contributed by atoms with E-state index in [0.717, 1.165) is 34.0 Å². The van der Waals surface area contributed by atoms with Crippen LogP contribution in [0.15, 0.2) is 32.4 Å². The van der Waals surface area contributed by atoms with Gasteiger partial charge in [-0.1, -0.05) is 19.3 Å². The second kappa shape index (κ2) is 5.73. The van der Waals surface area contributed by atoms with Crippen molar-refractivity contribution in [1.82, 2.24) is 20.2 Å². The SMILES string of the molecule is c1nc(Sc2nnc(C3CCCCC3)o2)c2ccsc2n1. The van der Waals surface area contributed by atoms with E-state index in [1.807, 2.05) is 11.4 Å². The lowest BCUT2D eigenvalue weighted by Crippen LogP contribution is -2.04. The molecule has 0 spiro atoms. The van der Waals surface area contributed by atoms with E-state index in [4.69, 9.17) is 4.42 Å². The van der Waals surface area contributed by atoms with Crippen LogP contribution in [0.5, 0.6) is 0 Å². The Morgan fingerprint density at radius 2 is 2.05 bits per heavy atom. The summed E-state index contributed by atoms with van der Waals surface area (Å²) in [5.41, 5.74) is 0. The van der Waals surface area contributed by atoms with Gasteiger partial charge in [-0.3, -0.25) is 0 Å². The number of hydrogen-bond donors (Lipinski definition) is 0. The van der Waals surface area contributed by atoms with Gasteiger partial charge in [0.15, 0.2) is 0 Å². The maximum atomic E-state index is 5.84. The van der Waals surface area contributed by atoms with Gasteiger partial charge in [0.25, 0.3) is 5.22 Å². The predicted molar refractivity (Wildman–Crippen MR) is 81.7 cm³/mol. The molecule has 21 heavy (non-hydrogen) atoms. The van der Waals surface area contributed by atoms with Crippen molar-refractivity contribution >= 4 is 33.3 Å². The fraction of sp³-hybridized carbons (Fsp3) is 0.429. The quantitative estimate of drug-likeness (QED) is 0.672. The minimum absolute atomic E-state index is 0.437. The van der Waals surface area contributed by atoms with Gasteiger partial charge in [0, 0.05) is 11.3 Å². The molecule has 7 heteroatoms. The van der Waals surface area contributed by atoms with E-state index in [1.165, 1.54) is 31.0 Å². The standard InChI is InChI=1S/C14H14N4OS2/c1-2-4-9(5-3-1)11-17-18-14(19-11)21-13-10-6-7-20-12(10)15-8-16-13/h6-9H,1-5H2. The van der Waals surface area contributed by atoms with E-state index in [9.17, 15) is 0 Å². The van der Waals surface area contributed by atoms with Crippen LogP contribution in [0.3, 0.4) is 0 Å². The van der Waals surface area contributed by atoms with Crippen LogP contribution >= 0.6 is 23.1 Å². The molecule has 0 amide bonds. The average molecular weight is 318 g/mol. The molecule has 5 nitrogen and oxygen atoms in total. The van der Waals surface area contributed by atoms with Gasteiger partial charge in [0.2, 0.25) is 5.89 Å². The Bertz CT molecular complexity index is 748. The van der Waals surface area contributed by atoms with Crippen molar-refractivity contribution < 1.29 is 4.42 Å². The first kappa shape index (κ1) is 13.2. The Balaban J connectivity index is 1.57. The van der Waals surface area contributed by atoms with Gasteiger partial charge in [-0.05, 0) is 36.0 Å². The second-order valence-corrected chi connectivity index (χ2v) is 7.00. The zero-order valence-electron chi connectivity index (χ0n) is 11.4. The first-order valence-electron chi connectivity index (χ1n) is 7.09. The normalized spacial score (nSPS) is 16.6. The van der Waals surface area contributed by atoms with Crippen LogP contribution < -0.4 is 0 Å². The summed E-state index contributed by atoms with van der Waals surface area (Å²) < 4.78 is 5.84. The molecule has 0 aromatic carbocycles. The van der Waals surface area contributed by atoms with E-state index in [1.54, 1.807) is 17.7 Å². The van der Waals surface area contributed by atoms with Gasteiger partial charge in [-0.25, -0.2) is 9.97 Å². The van der Waals surface area contributed by atoms with Crippen molar-refractivity contribution in [3.05, 3.63) is 23.7 Å². The summed E-state index contributed by atoms with van der Waals surface area (Å²) in [7, 11) is 0. The Hall–Kier alpha value is -1.47. The maximum Gasteiger partial charge on any atom is 0.282 e. The van der Waals surface area contributed by atoms with Gasteiger partial charge < -0.3 is 4.42 Å². The number of fused-ring (bicyclic) bond motifs is 1. The third kappa shape index (κ3) is 2.67. The lowest BCUT2D eigenvalue weighted by atomic mass is 9.89. The average Bonchev–Trinajstić information content (AvgIpc) is 3.17. The molecule has 0 saturated heterocycles. The lowest BCUT2D eigenvalue weighted by molar-refractivity contribution is 0.334. The summed E-state index contributed by atoms with van der Waals surface area (Å²) in [4.78, 5) is 9.56.